The van der Waals surface area contributed by atoms with Gasteiger partial charge in [0.15, 0.2) is 15.7 Å². The third-order valence-electron chi connectivity index (χ3n) is 3.90. The molecule has 10 heteroatoms. The molecule has 1 aromatic heterocycles. The van der Waals surface area contributed by atoms with Crippen LogP contribution in [0, 0.1) is 17.0 Å². The SMILES string of the molecule is Cc1nc(C(Nc2ccc(S(C)(=O)=O)cc2[N+](=O)[O-])c2ccccc2)n[nH]1. The summed E-state index contributed by atoms with van der Waals surface area (Å²) < 4.78 is 23.4. The summed E-state index contributed by atoms with van der Waals surface area (Å²) in [7, 11) is -3.57. The fourth-order valence-corrected chi connectivity index (χ4v) is 3.24. The molecule has 3 rings (SSSR count). The molecular weight excluding hydrogens is 370 g/mol. The van der Waals surface area contributed by atoms with E-state index >= 15 is 0 Å². The van der Waals surface area contributed by atoms with Crippen molar-refractivity contribution in [3.05, 3.63) is 75.9 Å². The van der Waals surface area contributed by atoms with E-state index in [0.717, 1.165) is 17.9 Å². The molecule has 140 valence electrons. The summed E-state index contributed by atoms with van der Waals surface area (Å²) in [6.45, 7) is 1.75. The fraction of sp³-hybridized carbons (Fsp3) is 0.176. The van der Waals surface area contributed by atoms with Gasteiger partial charge in [0.25, 0.3) is 5.69 Å². The van der Waals surface area contributed by atoms with Gasteiger partial charge in [-0.2, -0.15) is 5.10 Å². The van der Waals surface area contributed by atoms with Gasteiger partial charge in [-0.15, -0.1) is 0 Å². The molecule has 2 N–H and O–H groups in total. The molecule has 0 bridgehead atoms. The van der Waals surface area contributed by atoms with Gasteiger partial charge >= 0.3 is 0 Å². The van der Waals surface area contributed by atoms with Crippen molar-refractivity contribution in [2.75, 3.05) is 11.6 Å². The molecule has 0 aliphatic carbocycles. The van der Waals surface area contributed by atoms with E-state index in [-0.39, 0.29) is 16.3 Å². The predicted octanol–water partition coefficient (Wildman–Crippen LogP) is 2.63. The maximum Gasteiger partial charge on any atom is 0.293 e. The topological polar surface area (TPSA) is 131 Å². The summed E-state index contributed by atoms with van der Waals surface area (Å²) in [6, 6.07) is 12.4. The number of nitro groups is 1. The van der Waals surface area contributed by atoms with Gasteiger partial charge in [-0.1, -0.05) is 30.3 Å². The van der Waals surface area contributed by atoms with Gasteiger partial charge in [-0.05, 0) is 24.6 Å². The lowest BCUT2D eigenvalue weighted by Crippen LogP contribution is -2.15. The van der Waals surface area contributed by atoms with Crippen LogP contribution in [0.2, 0.25) is 0 Å². The van der Waals surface area contributed by atoms with Gasteiger partial charge in [0.05, 0.1) is 9.82 Å². The molecule has 0 spiro atoms. The number of aryl methyl sites for hydroxylation is 1. The van der Waals surface area contributed by atoms with Gasteiger partial charge in [0.2, 0.25) is 0 Å². The first-order valence-corrected chi connectivity index (χ1v) is 9.84. The van der Waals surface area contributed by atoms with Crippen molar-refractivity contribution in [3.8, 4) is 0 Å². The maximum atomic E-state index is 11.7. The molecule has 0 radical (unpaired) electrons. The number of sulfone groups is 1. The normalized spacial score (nSPS) is 12.5. The maximum absolute atomic E-state index is 11.7. The Hall–Kier alpha value is -3.27. The van der Waals surface area contributed by atoms with Crippen molar-refractivity contribution in [3.63, 3.8) is 0 Å². The second-order valence-corrected chi connectivity index (χ2v) is 7.99. The minimum Gasteiger partial charge on any atom is -0.366 e. The fourth-order valence-electron chi connectivity index (χ4n) is 2.60. The summed E-state index contributed by atoms with van der Waals surface area (Å²) in [5.41, 5.74) is 0.632. The predicted molar refractivity (Wildman–Crippen MR) is 99.2 cm³/mol. The van der Waals surface area contributed by atoms with Crippen molar-refractivity contribution in [2.24, 2.45) is 0 Å². The standard InChI is InChI=1S/C17H17N5O4S/c1-11-18-17(21-20-11)16(12-6-4-3-5-7-12)19-14-9-8-13(27(2,25)26)10-15(14)22(23)24/h3-10,16,19H,1-2H3,(H,18,20,21). The summed E-state index contributed by atoms with van der Waals surface area (Å²) in [6.07, 6.45) is 1.00. The Kier molecular flexibility index (Phi) is 4.91. The number of nitrogens with one attached hydrogen (secondary N) is 2. The molecule has 2 aromatic carbocycles. The average molecular weight is 387 g/mol. The Labute approximate surface area is 155 Å². The molecule has 0 aliphatic rings. The molecule has 27 heavy (non-hydrogen) atoms. The van der Waals surface area contributed by atoms with Crippen molar-refractivity contribution in [2.45, 2.75) is 17.9 Å². The van der Waals surface area contributed by atoms with E-state index in [4.69, 9.17) is 0 Å². The highest BCUT2D eigenvalue weighted by Gasteiger charge is 2.24. The smallest absolute Gasteiger partial charge is 0.293 e. The van der Waals surface area contributed by atoms with E-state index in [1.54, 1.807) is 6.92 Å². The van der Waals surface area contributed by atoms with E-state index in [2.05, 4.69) is 20.5 Å². The van der Waals surface area contributed by atoms with E-state index in [9.17, 15) is 18.5 Å². The minimum absolute atomic E-state index is 0.121. The Morgan fingerprint density at radius 1 is 1.19 bits per heavy atom. The number of hydrogen-bond donors (Lipinski definition) is 2. The molecule has 1 heterocycles. The number of H-pyrrole nitrogens is 1. The number of rotatable bonds is 6. The zero-order chi connectivity index (χ0) is 19.6. The lowest BCUT2D eigenvalue weighted by Gasteiger charge is -2.18. The van der Waals surface area contributed by atoms with Crippen molar-refractivity contribution < 1.29 is 13.3 Å². The van der Waals surface area contributed by atoms with Gasteiger partial charge in [-0.3, -0.25) is 15.2 Å². The quantitative estimate of drug-likeness (QED) is 0.491. The number of nitro benzene ring substituents is 1. The van der Waals surface area contributed by atoms with Crippen LogP contribution in [0.3, 0.4) is 0 Å². The molecule has 1 atom stereocenters. The minimum atomic E-state index is -3.57. The van der Waals surface area contributed by atoms with Crippen LogP contribution in [0.25, 0.3) is 0 Å². The second-order valence-electron chi connectivity index (χ2n) is 5.98. The number of benzene rings is 2. The van der Waals surface area contributed by atoms with Crippen LogP contribution in [0.1, 0.15) is 23.3 Å². The number of anilines is 1. The third-order valence-corrected chi connectivity index (χ3v) is 5.01. The highest BCUT2D eigenvalue weighted by Crippen LogP contribution is 2.32. The molecule has 3 aromatic rings. The van der Waals surface area contributed by atoms with E-state index < -0.39 is 20.8 Å². The first-order chi connectivity index (χ1) is 12.8. The van der Waals surface area contributed by atoms with Crippen molar-refractivity contribution in [1.82, 2.24) is 15.2 Å². The van der Waals surface area contributed by atoms with E-state index in [1.165, 1.54) is 12.1 Å². The number of nitrogens with zero attached hydrogens (tertiary/aromatic N) is 3. The first-order valence-electron chi connectivity index (χ1n) is 7.94. The molecule has 0 saturated carbocycles. The largest absolute Gasteiger partial charge is 0.366 e. The van der Waals surface area contributed by atoms with Crippen molar-refractivity contribution >= 4 is 21.2 Å². The van der Waals surface area contributed by atoms with Gasteiger partial charge in [-0.25, -0.2) is 13.4 Å². The highest BCUT2D eigenvalue weighted by molar-refractivity contribution is 7.90. The number of aromatic nitrogens is 3. The van der Waals surface area contributed by atoms with Crippen LogP contribution in [0.5, 0.6) is 0 Å². The summed E-state index contributed by atoms with van der Waals surface area (Å²) in [5.74, 6) is 1.02. The first kappa shape index (κ1) is 18.5. The monoisotopic (exact) mass is 387 g/mol. The number of hydrogen-bond acceptors (Lipinski definition) is 7. The van der Waals surface area contributed by atoms with Gasteiger partial charge < -0.3 is 5.32 Å². The molecular formula is C17H17N5O4S. The van der Waals surface area contributed by atoms with Crippen LogP contribution < -0.4 is 5.32 Å². The van der Waals surface area contributed by atoms with Gasteiger partial charge in [0.1, 0.15) is 17.6 Å². The molecule has 9 nitrogen and oxygen atoms in total. The lowest BCUT2D eigenvalue weighted by atomic mass is 10.1. The summed E-state index contributed by atoms with van der Waals surface area (Å²) >= 11 is 0. The molecule has 1 unspecified atom stereocenters. The van der Waals surface area contributed by atoms with Crippen molar-refractivity contribution in [1.29, 1.82) is 0 Å². The Bertz CT molecular complexity index is 1080. The average Bonchev–Trinajstić information content (AvgIpc) is 3.05. The molecule has 0 aliphatic heterocycles. The van der Waals surface area contributed by atoms with Crippen LogP contribution >= 0.6 is 0 Å². The highest BCUT2D eigenvalue weighted by atomic mass is 32.2. The zero-order valence-electron chi connectivity index (χ0n) is 14.6. The Morgan fingerprint density at radius 2 is 1.89 bits per heavy atom. The van der Waals surface area contributed by atoms with Crippen LogP contribution in [0.15, 0.2) is 53.4 Å². The Morgan fingerprint density at radius 3 is 2.44 bits per heavy atom. The molecule has 0 amide bonds. The zero-order valence-corrected chi connectivity index (χ0v) is 15.4. The summed E-state index contributed by atoms with van der Waals surface area (Å²) in [5, 5.41) is 21.5. The van der Waals surface area contributed by atoms with Crippen LogP contribution in [-0.4, -0.2) is 34.8 Å². The molecule has 0 saturated heterocycles. The lowest BCUT2D eigenvalue weighted by molar-refractivity contribution is -0.384. The molecule has 0 fully saturated rings. The second kappa shape index (κ2) is 7.16. The van der Waals surface area contributed by atoms with E-state index in [0.29, 0.717) is 11.6 Å². The number of aromatic amines is 1. The van der Waals surface area contributed by atoms with Crippen LogP contribution in [-0.2, 0) is 9.84 Å². The van der Waals surface area contributed by atoms with Crippen LogP contribution in [0.4, 0.5) is 11.4 Å². The van der Waals surface area contributed by atoms with E-state index in [1.807, 2.05) is 30.3 Å². The van der Waals surface area contributed by atoms with Gasteiger partial charge in [0, 0.05) is 12.3 Å². The third kappa shape index (κ3) is 4.11. The summed E-state index contributed by atoms with van der Waals surface area (Å²) in [4.78, 5) is 15.1. The Balaban J connectivity index is 2.07.